The Kier molecular flexibility index (Phi) is 2.83. The van der Waals surface area contributed by atoms with Gasteiger partial charge in [-0.2, -0.15) is 0 Å². The number of rotatable bonds is 3. The molecule has 2 aromatic carbocycles. The van der Waals surface area contributed by atoms with Crippen molar-refractivity contribution in [2.24, 2.45) is 0 Å². The molecular formula is C13H12BrNO2S. The lowest BCUT2D eigenvalue weighted by Crippen LogP contribution is -2.17. The molecule has 1 aliphatic carbocycles. The maximum absolute atomic E-state index is 12.0. The minimum Gasteiger partial charge on any atom is -0.283 e. The first-order chi connectivity index (χ1) is 8.58. The van der Waals surface area contributed by atoms with Gasteiger partial charge < -0.3 is 0 Å². The van der Waals surface area contributed by atoms with Gasteiger partial charge in [0, 0.05) is 9.86 Å². The molecule has 0 spiro atoms. The number of sulfonamides is 1. The molecule has 2 aromatic rings. The second-order valence-electron chi connectivity index (χ2n) is 4.49. The van der Waals surface area contributed by atoms with Crippen molar-refractivity contribution >= 4 is 42.4 Å². The van der Waals surface area contributed by atoms with Gasteiger partial charge in [-0.3, -0.25) is 4.72 Å². The topological polar surface area (TPSA) is 46.2 Å². The van der Waals surface area contributed by atoms with Gasteiger partial charge in [0.2, 0.25) is 10.0 Å². The van der Waals surface area contributed by atoms with Gasteiger partial charge in [0.15, 0.2) is 0 Å². The highest BCUT2D eigenvalue weighted by Gasteiger charge is 2.35. The van der Waals surface area contributed by atoms with E-state index in [9.17, 15) is 8.42 Å². The van der Waals surface area contributed by atoms with Gasteiger partial charge in [-0.1, -0.05) is 40.2 Å². The first-order valence-electron chi connectivity index (χ1n) is 5.77. The van der Waals surface area contributed by atoms with E-state index in [0.29, 0.717) is 5.69 Å². The van der Waals surface area contributed by atoms with Crippen LogP contribution in [-0.2, 0) is 10.0 Å². The third-order valence-electron chi connectivity index (χ3n) is 3.09. The molecule has 0 unspecified atom stereocenters. The zero-order valence-electron chi connectivity index (χ0n) is 9.56. The predicted molar refractivity (Wildman–Crippen MR) is 77.2 cm³/mol. The monoisotopic (exact) mass is 325 g/mol. The van der Waals surface area contributed by atoms with Crippen LogP contribution in [-0.4, -0.2) is 13.7 Å². The number of anilines is 1. The minimum absolute atomic E-state index is 0.208. The van der Waals surface area contributed by atoms with Gasteiger partial charge in [-0.15, -0.1) is 0 Å². The smallest absolute Gasteiger partial charge is 0.235 e. The van der Waals surface area contributed by atoms with E-state index in [1.54, 1.807) is 6.07 Å². The molecule has 0 heterocycles. The van der Waals surface area contributed by atoms with Gasteiger partial charge >= 0.3 is 0 Å². The molecule has 3 rings (SSSR count). The van der Waals surface area contributed by atoms with Crippen LogP contribution in [0.2, 0.25) is 0 Å². The van der Waals surface area contributed by atoms with Gasteiger partial charge in [-0.05, 0) is 30.4 Å². The highest BCUT2D eigenvalue weighted by atomic mass is 79.9. The van der Waals surface area contributed by atoms with Crippen LogP contribution in [0.4, 0.5) is 5.69 Å². The van der Waals surface area contributed by atoms with E-state index in [1.807, 2.05) is 30.3 Å². The molecule has 0 aliphatic heterocycles. The molecular weight excluding hydrogens is 314 g/mol. The molecule has 0 amide bonds. The molecule has 1 aliphatic rings. The Hall–Kier alpha value is -1.07. The normalized spacial score (nSPS) is 15.8. The molecule has 0 radical (unpaired) electrons. The van der Waals surface area contributed by atoms with E-state index < -0.39 is 10.0 Å². The van der Waals surface area contributed by atoms with Crippen LogP contribution in [0.1, 0.15) is 12.8 Å². The van der Waals surface area contributed by atoms with Crippen LogP contribution in [0.5, 0.6) is 0 Å². The quantitative estimate of drug-likeness (QED) is 0.938. The number of nitrogens with one attached hydrogen (secondary N) is 1. The molecule has 0 bridgehead atoms. The molecule has 94 valence electrons. The maximum Gasteiger partial charge on any atom is 0.235 e. The fourth-order valence-corrected chi connectivity index (χ4v) is 3.85. The van der Waals surface area contributed by atoms with E-state index in [2.05, 4.69) is 20.7 Å². The fourth-order valence-electron chi connectivity index (χ4n) is 1.97. The molecule has 1 N–H and O–H groups in total. The van der Waals surface area contributed by atoms with Crippen LogP contribution >= 0.6 is 15.9 Å². The third-order valence-corrected chi connectivity index (χ3v) is 5.63. The predicted octanol–water partition coefficient (Wildman–Crippen LogP) is 3.51. The first-order valence-corrected chi connectivity index (χ1v) is 8.11. The summed E-state index contributed by atoms with van der Waals surface area (Å²) in [5.41, 5.74) is 0.653. The Morgan fingerprint density at radius 1 is 1.06 bits per heavy atom. The summed E-state index contributed by atoms with van der Waals surface area (Å²) in [5.74, 6) is 0. The van der Waals surface area contributed by atoms with Crippen molar-refractivity contribution in [3.63, 3.8) is 0 Å². The van der Waals surface area contributed by atoms with Gasteiger partial charge in [0.25, 0.3) is 0 Å². The van der Waals surface area contributed by atoms with E-state index in [-0.39, 0.29) is 5.25 Å². The molecule has 18 heavy (non-hydrogen) atoms. The number of benzene rings is 2. The van der Waals surface area contributed by atoms with E-state index in [0.717, 1.165) is 28.1 Å². The third kappa shape index (κ3) is 2.12. The molecule has 1 saturated carbocycles. The zero-order valence-corrected chi connectivity index (χ0v) is 12.0. The van der Waals surface area contributed by atoms with Gasteiger partial charge in [0.1, 0.15) is 0 Å². The number of halogens is 1. The lowest BCUT2D eigenvalue weighted by atomic mass is 10.1. The Morgan fingerprint density at radius 3 is 2.39 bits per heavy atom. The van der Waals surface area contributed by atoms with E-state index in [4.69, 9.17) is 0 Å². The zero-order chi connectivity index (χ0) is 12.8. The van der Waals surface area contributed by atoms with Crippen molar-refractivity contribution in [3.8, 4) is 0 Å². The van der Waals surface area contributed by atoms with Crippen molar-refractivity contribution in [1.29, 1.82) is 0 Å². The minimum atomic E-state index is -3.21. The summed E-state index contributed by atoms with van der Waals surface area (Å²) in [7, 11) is -3.21. The van der Waals surface area contributed by atoms with E-state index >= 15 is 0 Å². The Balaban J connectivity index is 2.10. The lowest BCUT2D eigenvalue weighted by Gasteiger charge is -2.11. The molecule has 3 nitrogen and oxygen atoms in total. The second-order valence-corrected chi connectivity index (χ2v) is 7.30. The Bertz CT molecular complexity index is 708. The first kappa shape index (κ1) is 12.0. The molecule has 1 fully saturated rings. The largest absolute Gasteiger partial charge is 0.283 e. The molecule has 5 heteroatoms. The SMILES string of the molecule is O=S(=O)(Nc1ccc(Br)c2ccccc12)C1CC1. The Morgan fingerprint density at radius 2 is 1.72 bits per heavy atom. The summed E-state index contributed by atoms with van der Waals surface area (Å²) >= 11 is 3.47. The summed E-state index contributed by atoms with van der Waals surface area (Å²) in [6.07, 6.45) is 1.54. The molecule has 0 saturated heterocycles. The fraction of sp³-hybridized carbons (Fsp3) is 0.231. The van der Waals surface area contributed by atoms with Crippen molar-refractivity contribution in [1.82, 2.24) is 0 Å². The van der Waals surface area contributed by atoms with Crippen molar-refractivity contribution < 1.29 is 8.42 Å². The van der Waals surface area contributed by atoms with Gasteiger partial charge in [-0.25, -0.2) is 8.42 Å². The standard InChI is InChI=1S/C13H12BrNO2S/c14-12-7-8-13(11-4-2-1-3-10(11)12)15-18(16,17)9-5-6-9/h1-4,7-9,15H,5-6H2. The lowest BCUT2D eigenvalue weighted by molar-refractivity contribution is 0.600. The van der Waals surface area contributed by atoms with Gasteiger partial charge in [0.05, 0.1) is 10.9 Å². The van der Waals surface area contributed by atoms with Crippen LogP contribution < -0.4 is 4.72 Å². The summed E-state index contributed by atoms with van der Waals surface area (Å²) in [5, 5.41) is 1.71. The summed E-state index contributed by atoms with van der Waals surface area (Å²) in [6.45, 7) is 0. The molecule has 0 atom stereocenters. The Labute approximate surface area is 114 Å². The highest BCUT2D eigenvalue weighted by molar-refractivity contribution is 9.10. The average Bonchev–Trinajstić information content (AvgIpc) is 3.17. The second kappa shape index (κ2) is 4.24. The van der Waals surface area contributed by atoms with Crippen LogP contribution in [0.3, 0.4) is 0 Å². The van der Waals surface area contributed by atoms with E-state index in [1.165, 1.54) is 0 Å². The molecule has 0 aromatic heterocycles. The number of hydrogen-bond donors (Lipinski definition) is 1. The number of fused-ring (bicyclic) bond motifs is 1. The maximum atomic E-state index is 12.0. The van der Waals surface area contributed by atoms with Crippen molar-refractivity contribution in [3.05, 3.63) is 40.9 Å². The summed E-state index contributed by atoms with van der Waals surface area (Å²) < 4.78 is 27.6. The van der Waals surface area contributed by atoms with Crippen LogP contribution in [0.25, 0.3) is 10.8 Å². The summed E-state index contributed by atoms with van der Waals surface area (Å²) in [6, 6.07) is 11.4. The number of hydrogen-bond acceptors (Lipinski definition) is 2. The highest BCUT2D eigenvalue weighted by Crippen LogP contribution is 2.34. The average molecular weight is 326 g/mol. The van der Waals surface area contributed by atoms with Crippen molar-refractivity contribution in [2.45, 2.75) is 18.1 Å². The van der Waals surface area contributed by atoms with Crippen LogP contribution in [0.15, 0.2) is 40.9 Å². The van der Waals surface area contributed by atoms with Crippen LogP contribution in [0, 0.1) is 0 Å². The summed E-state index contributed by atoms with van der Waals surface area (Å²) in [4.78, 5) is 0. The van der Waals surface area contributed by atoms with Crippen molar-refractivity contribution in [2.75, 3.05) is 4.72 Å².